The van der Waals surface area contributed by atoms with Gasteiger partial charge in [-0.1, -0.05) is 103 Å². The molecule has 9 radical (unpaired) electrons. The minimum absolute atomic E-state index is 0.176. The highest BCUT2D eigenvalue weighted by Gasteiger charge is 2.46. The monoisotopic (exact) mass is 518 g/mol. The standard InChI is InChI=1S/C33H53B5N/c1-27(2,3)32(35,36)24-21-23(31(34)19-17-30(18-20-31)15-13-12-14-16-30)22-25(26(24)39(11)29(7,8)9)33(37,38-10)28(4,5)6/h21-22H,12-20H2,1-11H3. The molecule has 0 heterocycles. The first-order chi connectivity index (χ1) is 17.5. The molecule has 0 aromatic heterocycles. The smallest absolute Gasteiger partial charge is 0.109 e. The molecule has 1 atom stereocenters. The number of benzene rings is 1. The Balaban J connectivity index is 2.35. The van der Waals surface area contributed by atoms with E-state index in [9.17, 15) is 0 Å². The van der Waals surface area contributed by atoms with E-state index in [4.69, 9.17) is 31.4 Å². The molecule has 1 spiro atoms. The van der Waals surface area contributed by atoms with Crippen LogP contribution in [0.5, 0.6) is 0 Å². The average Bonchev–Trinajstić information content (AvgIpc) is 2.83. The summed E-state index contributed by atoms with van der Waals surface area (Å²) in [4.78, 5) is 2.32. The van der Waals surface area contributed by atoms with Crippen molar-refractivity contribution in [3.05, 3.63) is 28.8 Å². The molecule has 3 rings (SSSR count). The van der Waals surface area contributed by atoms with E-state index in [0.29, 0.717) is 5.41 Å². The molecule has 205 valence electrons. The summed E-state index contributed by atoms with van der Waals surface area (Å²) >= 11 is 0. The van der Waals surface area contributed by atoms with Crippen LogP contribution in [0.1, 0.15) is 137 Å². The van der Waals surface area contributed by atoms with Gasteiger partial charge in [0, 0.05) is 18.3 Å². The lowest BCUT2D eigenvalue weighted by atomic mass is 9.32. The van der Waals surface area contributed by atoms with E-state index in [0.717, 1.165) is 35.2 Å². The zero-order valence-corrected chi connectivity index (χ0v) is 27.4. The van der Waals surface area contributed by atoms with Gasteiger partial charge in [0.1, 0.15) is 7.28 Å². The molecule has 6 heteroatoms. The Bertz CT molecular complexity index is 1010. The normalized spacial score (nSPS) is 21.8. The molecule has 39 heavy (non-hydrogen) atoms. The maximum Gasteiger partial charge on any atom is 0.109 e. The van der Waals surface area contributed by atoms with Crippen molar-refractivity contribution >= 4 is 44.4 Å². The Hall–Kier alpha value is -0.655. The zero-order chi connectivity index (χ0) is 29.9. The van der Waals surface area contributed by atoms with Crippen LogP contribution in [0.4, 0.5) is 5.69 Å². The van der Waals surface area contributed by atoms with Crippen molar-refractivity contribution in [3.63, 3.8) is 0 Å². The number of rotatable bonds is 5. The van der Waals surface area contributed by atoms with Gasteiger partial charge in [0.15, 0.2) is 0 Å². The fourth-order valence-corrected chi connectivity index (χ4v) is 6.96. The quantitative estimate of drug-likeness (QED) is 0.366. The van der Waals surface area contributed by atoms with Gasteiger partial charge in [0.2, 0.25) is 0 Å². The summed E-state index contributed by atoms with van der Waals surface area (Å²) < 4.78 is 0. The van der Waals surface area contributed by atoms with Crippen LogP contribution in [0.3, 0.4) is 0 Å². The summed E-state index contributed by atoms with van der Waals surface area (Å²) in [6, 6.07) is 4.58. The molecule has 1 aromatic rings. The predicted molar refractivity (Wildman–Crippen MR) is 177 cm³/mol. The summed E-state index contributed by atoms with van der Waals surface area (Å²) in [6.07, 6.45) is 11.2. The van der Waals surface area contributed by atoms with Crippen molar-refractivity contribution in [2.45, 2.75) is 148 Å². The second kappa shape index (κ2) is 10.6. The molecule has 0 bridgehead atoms. The topological polar surface area (TPSA) is 3.24 Å². The van der Waals surface area contributed by atoms with E-state index in [1.165, 1.54) is 44.9 Å². The zero-order valence-electron chi connectivity index (χ0n) is 27.4. The fraction of sp³-hybridized carbons (Fsp3) is 0.818. The van der Waals surface area contributed by atoms with Gasteiger partial charge in [-0.2, -0.15) is 0 Å². The molecule has 1 unspecified atom stereocenters. The average molecular weight is 518 g/mol. The highest BCUT2D eigenvalue weighted by molar-refractivity contribution is 6.53. The van der Waals surface area contributed by atoms with Crippen LogP contribution in [-0.4, -0.2) is 51.3 Å². The number of hydrogen-bond donors (Lipinski definition) is 0. The number of anilines is 1. The minimum Gasteiger partial charge on any atom is -0.369 e. The molecular weight excluding hydrogens is 464 g/mol. The third-order valence-corrected chi connectivity index (χ3v) is 11.0. The summed E-state index contributed by atoms with van der Waals surface area (Å²) in [6.45, 7) is 21.8. The van der Waals surface area contributed by atoms with Crippen molar-refractivity contribution in [1.29, 1.82) is 0 Å². The first-order valence-corrected chi connectivity index (χ1v) is 15.4. The van der Waals surface area contributed by atoms with Crippen LogP contribution >= 0.6 is 0 Å². The van der Waals surface area contributed by atoms with E-state index in [-0.39, 0.29) is 11.0 Å². The molecule has 2 aliphatic rings. The van der Waals surface area contributed by atoms with Crippen molar-refractivity contribution in [2.24, 2.45) is 16.2 Å². The van der Waals surface area contributed by atoms with Crippen molar-refractivity contribution in [3.8, 4) is 0 Å². The fourth-order valence-electron chi connectivity index (χ4n) is 6.96. The van der Waals surface area contributed by atoms with Gasteiger partial charge >= 0.3 is 0 Å². The van der Waals surface area contributed by atoms with Crippen molar-refractivity contribution in [2.75, 3.05) is 11.9 Å². The number of hydrogen-bond acceptors (Lipinski definition) is 1. The summed E-state index contributed by atoms with van der Waals surface area (Å²) in [5.41, 5.74) is 3.82. The maximum atomic E-state index is 7.45. The minimum atomic E-state index is -1.10. The van der Waals surface area contributed by atoms with E-state index < -0.39 is 21.2 Å². The lowest BCUT2D eigenvalue weighted by Crippen LogP contribution is -2.50. The molecule has 2 aliphatic carbocycles. The third kappa shape index (κ3) is 5.98. The van der Waals surface area contributed by atoms with Gasteiger partial charge < -0.3 is 4.90 Å². The van der Waals surface area contributed by atoms with Gasteiger partial charge in [0.25, 0.3) is 0 Å². The molecular formula is C33H53B5N. The van der Waals surface area contributed by atoms with Crippen molar-refractivity contribution < 1.29 is 0 Å². The van der Waals surface area contributed by atoms with Gasteiger partial charge in [-0.05, 0) is 84.7 Å². The summed E-state index contributed by atoms with van der Waals surface area (Å²) in [7, 11) is 33.5. The lowest BCUT2D eigenvalue weighted by molar-refractivity contribution is 0.105. The van der Waals surface area contributed by atoms with E-state index in [2.05, 4.69) is 100 Å². The van der Waals surface area contributed by atoms with Gasteiger partial charge in [-0.25, -0.2) is 0 Å². The van der Waals surface area contributed by atoms with E-state index >= 15 is 0 Å². The summed E-state index contributed by atoms with van der Waals surface area (Å²) in [5.74, 6) is 0. The molecule has 0 saturated heterocycles. The SMILES string of the molecule is [B]C1(c2cc(C([B])([B])C(C)(C)C)c(N(C)C(C)(C)C)c(C([B])([B]C)C(C)(C)C)c2)CCC2(CCCCC2)CC1. The van der Waals surface area contributed by atoms with E-state index in [1.54, 1.807) is 0 Å². The predicted octanol–water partition coefficient (Wildman–Crippen LogP) is 7.47. The second-order valence-corrected chi connectivity index (χ2v) is 16.4. The second-order valence-electron chi connectivity index (χ2n) is 16.4. The Morgan fingerprint density at radius 1 is 0.718 bits per heavy atom. The van der Waals surface area contributed by atoms with Crippen LogP contribution in [0, 0.1) is 16.2 Å². The number of nitrogens with zero attached hydrogens (tertiary/aromatic N) is 1. The molecule has 2 fully saturated rings. The van der Waals surface area contributed by atoms with Crippen LogP contribution < -0.4 is 4.90 Å². The van der Waals surface area contributed by atoms with Crippen LogP contribution in [0.25, 0.3) is 0 Å². The Labute approximate surface area is 249 Å². The van der Waals surface area contributed by atoms with E-state index in [1.807, 2.05) is 0 Å². The van der Waals surface area contributed by atoms with Gasteiger partial charge in [0.05, 0.1) is 31.4 Å². The maximum absolute atomic E-state index is 7.45. The third-order valence-electron chi connectivity index (χ3n) is 11.0. The van der Waals surface area contributed by atoms with Crippen LogP contribution in [0.15, 0.2) is 12.1 Å². The lowest BCUT2D eigenvalue weighted by Gasteiger charge is -2.52. The summed E-state index contributed by atoms with van der Waals surface area (Å²) in [5, 5.41) is -2.25. The van der Waals surface area contributed by atoms with Gasteiger partial charge in [-0.15, -0.1) is 0 Å². The van der Waals surface area contributed by atoms with Gasteiger partial charge in [-0.3, -0.25) is 0 Å². The van der Waals surface area contributed by atoms with Crippen LogP contribution in [-0.2, 0) is 15.7 Å². The first kappa shape index (κ1) is 32.9. The Morgan fingerprint density at radius 3 is 1.62 bits per heavy atom. The van der Waals surface area contributed by atoms with Crippen molar-refractivity contribution in [1.82, 2.24) is 0 Å². The molecule has 1 aromatic carbocycles. The Morgan fingerprint density at radius 2 is 1.21 bits per heavy atom. The molecule has 1 nitrogen and oxygen atoms in total. The van der Waals surface area contributed by atoms with Crippen LogP contribution in [0.2, 0.25) is 6.82 Å². The molecule has 0 amide bonds. The Kier molecular flexibility index (Phi) is 8.90. The first-order valence-electron chi connectivity index (χ1n) is 15.4. The molecule has 0 aliphatic heterocycles. The highest BCUT2D eigenvalue weighted by Crippen LogP contribution is 2.55. The highest BCUT2D eigenvalue weighted by atomic mass is 15.2. The largest absolute Gasteiger partial charge is 0.369 e. The molecule has 0 N–H and O–H groups in total. The molecule has 2 saturated carbocycles.